The molecule has 2 amide bonds. The van der Waals surface area contributed by atoms with Crippen molar-refractivity contribution in [3.05, 3.63) is 0 Å². The van der Waals surface area contributed by atoms with Crippen LogP contribution in [0.2, 0.25) is 0 Å². The van der Waals surface area contributed by atoms with Gasteiger partial charge in [-0.15, -0.1) is 0 Å². The lowest BCUT2D eigenvalue weighted by atomic mass is 9.90. The third-order valence-electron chi connectivity index (χ3n) is 2.21. The molecule has 6 heteroatoms. The summed E-state index contributed by atoms with van der Waals surface area (Å²) in [7, 11) is 0. The molecule has 0 saturated heterocycles. The Morgan fingerprint density at radius 1 is 1.62 bits per heavy atom. The molecule has 0 bridgehead atoms. The second kappa shape index (κ2) is 3.14. The molecule has 0 aromatic rings. The van der Waals surface area contributed by atoms with Crippen LogP contribution in [0.3, 0.4) is 0 Å². The third kappa shape index (κ3) is 1.29. The molecular weight excluding hydrogens is 172 g/mol. The highest BCUT2D eigenvalue weighted by molar-refractivity contribution is 6.46. The van der Waals surface area contributed by atoms with Crippen molar-refractivity contribution in [2.24, 2.45) is 16.5 Å². The van der Waals surface area contributed by atoms with Crippen LogP contribution in [0.1, 0.15) is 13.3 Å². The number of hydrogen-bond donors (Lipinski definition) is 3. The number of carbonyl (C=O) groups is 2. The van der Waals surface area contributed by atoms with Gasteiger partial charge in [0.2, 0.25) is 5.91 Å². The van der Waals surface area contributed by atoms with Crippen molar-refractivity contribution in [1.29, 1.82) is 0 Å². The minimum atomic E-state index is -1.16. The highest BCUT2D eigenvalue weighted by atomic mass is 16.2. The Balaban J connectivity index is 3.08. The predicted molar refractivity (Wildman–Crippen MR) is 46.8 cm³/mol. The summed E-state index contributed by atoms with van der Waals surface area (Å²) in [6.45, 7) is 1.94. The first-order chi connectivity index (χ1) is 6.04. The van der Waals surface area contributed by atoms with Gasteiger partial charge in [0.25, 0.3) is 5.91 Å². The van der Waals surface area contributed by atoms with Gasteiger partial charge in [-0.25, -0.2) is 0 Å². The highest BCUT2D eigenvalue weighted by Crippen LogP contribution is 2.16. The number of nitrogens with zero attached hydrogens (tertiary/aromatic N) is 1. The van der Waals surface area contributed by atoms with Crippen LogP contribution in [0.4, 0.5) is 0 Å². The second-order valence-electron chi connectivity index (χ2n) is 2.83. The van der Waals surface area contributed by atoms with E-state index in [1.54, 1.807) is 6.92 Å². The summed E-state index contributed by atoms with van der Waals surface area (Å²) >= 11 is 0. The summed E-state index contributed by atoms with van der Waals surface area (Å²) in [5.74, 6) is -1.32. The molecule has 1 rings (SSSR count). The fourth-order valence-corrected chi connectivity index (χ4v) is 1.43. The molecule has 5 N–H and O–H groups in total. The van der Waals surface area contributed by atoms with Gasteiger partial charge in [0.15, 0.2) is 0 Å². The van der Waals surface area contributed by atoms with Gasteiger partial charge in [-0.3, -0.25) is 19.9 Å². The van der Waals surface area contributed by atoms with E-state index in [9.17, 15) is 9.59 Å². The molecular formula is C7H12N4O2. The van der Waals surface area contributed by atoms with Crippen molar-refractivity contribution in [3.63, 3.8) is 0 Å². The number of nitrogens with one attached hydrogen (secondary N) is 1. The number of primary amides is 2. The van der Waals surface area contributed by atoms with Crippen molar-refractivity contribution < 1.29 is 9.59 Å². The Morgan fingerprint density at radius 3 is 2.54 bits per heavy atom. The Bertz CT molecular complexity index is 286. The molecule has 72 valence electrons. The normalized spacial score (nSPS) is 27.0. The van der Waals surface area contributed by atoms with Gasteiger partial charge in [0.1, 0.15) is 11.3 Å². The van der Waals surface area contributed by atoms with Crippen molar-refractivity contribution in [1.82, 2.24) is 5.32 Å². The number of carbonyl (C=O) groups excluding carboxylic acids is 2. The van der Waals surface area contributed by atoms with Gasteiger partial charge < -0.3 is 11.5 Å². The highest BCUT2D eigenvalue weighted by Gasteiger charge is 2.45. The van der Waals surface area contributed by atoms with Crippen LogP contribution in [0.5, 0.6) is 0 Å². The van der Waals surface area contributed by atoms with E-state index in [-0.39, 0.29) is 12.4 Å². The first-order valence-corrected chi connectivity index (χ1v) is 3.94. The van der Waals surface area contributed by atoms with Crippen LogP contribution < -0.4 is 16.8 Å². The maximum Gasteiger partial charge on any atom is 0.265 e. The first-order valence-electron chi connectivity index (χ1n) is 3.94. The monoisotopic (exact) mass is 184 g/mol. The van der Waals surface area contributed by atoms with Crippen LogP contribution in [0.15, 0.2) is 4.99 Å². The molecule has 13 heavy (non-hydrogen) atoms. The molecule has 0 aliphatic carbocycles. The van der Waals surface area contributed by atoms with E-state index < -0.39 is 17.4 Å². The lowest BCUT2D eigenvalue weighted by molar-refractivity contribution is -0.123. The standard InChI is InChI=1S/C7H12N4O2/c1-2-7(6(9)13)4(5(8)12)10-3-11-7/h11H,2-3H2,1H3,(H2,8,12)(H2,9,13). The van der Waals surface area contributed by atoms with Gasteiger partial charge in [-0.05, 0) is 6.42 Å². The molecule has 0 fully saturated rings. The molecule has 0 aromatic carbocycles. The van der Waals surface area contributed by atoms with E-state index in [1.807, 2.05) is 0 Å². The number of aliphatic imine (C=N–C) groups is 1. The largest absolute Gasteiger partial charge is 0.368 e. The first kappa shape index (κ1) is 9.66. The number of rotatable bonds is 3. The van der Waals surface area contributed by atoms with Gasteiger partial charge >= 0.3 is 0 Å². The third-order valence-corrected chi connectivity index (χ3v) is 2.21. The zero-order valence-corrected chi connectivity index (χ0v) is 7.33. The molecule has 0 saturated carbocycles. The number of nitrogens with two attached hydrogens (primary N) is 2. The van der Waals surface area contributed by atoms with Crippen molar-refractivity contribution in [3.8, 4) is 0 Å². The Kier molecular flexibility index (Phi) is 2.33. The van der Waals surface area contributed by atoms with E-state index in [2.05, 4.69) is 10.3 Å². The van der Waals surface area contributed by atoms with E-state index in [1.165, 1.54) is 0 Å². The minimum absolute atomic E-state index is 0.0301. The molecule has 6 nitrogen and oxygen atoms in total. The Labute approximate surface area is 75.4 Å². The van der Waals surface area contributed by atoms with Gasteiger partial charge in [0, 0.05) is 0 Å². The molecule has 1 atom stereocenters. The average molecular weight is 184 g/mol. The van der Waals surface area contributed by atoms with Crippen molar-refractivity contribution in [2.75, 3.05) is 6.67 Å². The van der Waals surface area contributed by atoms with E-state index in [4.69, 9.17) is 11.5 Å². The summed E-state index contributed by atoms with van der Waals surface area (Å²) in [6, 6.07) is 0. The SMILES string of the molecule is CCC1(C(N)=O)NCN=C1C(N)=O. The molecule has 1 heterocycles. The Morgan fingerprint density at radius 2 is 2.23 bits per heavy atom. The molecule has 0 aromatic heterocycles. The van der Waals surface area contributed by atoms with Gasteiger partial charge in [0.05, 0.1) is 6.67 Å². The van der Waals surface area contributed by atoms with Gasteiger partial charge in [-0.2, -0.15) is 0 Å². The van der Waals surface area contributed by atoms with E-state index in [0.717, 1.165) is 0 Å². The van der Waals surface area contributed by atoms with Crippen LogP contribution in [-0.2, 0) is 9.59 Å². The summed E-state index contributed by atoms with van der Waals surface area (Å²) in [5, 5.41) is 2.77. The van der Waals surface area contributed by atoms with Crippen LogP contribution >= 0.6 is 0 Å². The predicted octanol–water partition coefficient (Wildman–Crippen LogP) is -1.89. The fraction of sp³-hybridized carbons (Fsp3) is 0.571. The van der Waals surface area contributed by atoms with Crippen LogP contribution in [0, 0.1) is 0 Å². The molecule has 0 spiro atoms. The second-order valence-corrected chi connectivity index (χ2v) is 2.83. The van der Waals surface area contributed by atoms with E-state index in [0.29, 0.717) is 6.42 Å². The number of amides is 2. The molecule has 0 radical (unpaired) electrons. The lowest BCUT2D eigenvalue weighted by Crippen LogP contribution is -2.60. The minimum Gasteiger partial charge on any atom is -0.368 e. The molecule has 1 aliphatic rings. The van der Waals surface area contributed by atoms with Crippen molar-refractivity contribution in [2.45, 2.75) is 18.9 Å². The zero-order chi connectivity index (χ0) is 10.1. The average Bonchev–Trinajstić information content (AvgIpc) is 2.48. The maximum atomic E-state index is 11.1. The van der Waals surface area contributed by atoms with Gasteiger partial charge in [-0.1, -0.05) is 6.92 Å². The smallest absolute Gasteiger partial charge is 0.265 e. The zero-order valence-electron chi connectivity index (χ0n) is 7.33. The molecule has 1 aliphatic heterocycles. The number of hydrogen-bond acceptors (Lipinski definition) is 4. The Hall–Kier alpha value is -1.43. The van der Waals surface area contributed by atoms with E-state index >= 15 is 0 Å². The summed E-state index contributed by atoms with van der Waals surface area (Å²) in [6.07, 6.45) is 0.365. The van der Waals surface area contributed by atoms with Crippen molar-refractivity contribution >= 4 is 17.5 Å². The summed E-state index contributed by atoms with van der Waals surface area (Å²) in [5.41, 5.74) is 9.12. The topological polar surface area (TPSA) is 111 Å². The molecule has 1 unspecified atom stereocenters. The fourth-order valence-electron chi connectivity index (χ4n) is 1.43. The quantitative estimate of drug-likeness (QED) is 0.476. The maximum absolute atomic E-state index is 11.1. The summed E-state index contributed by atoms with van der Waals surface area (Å²) in [4.78, 5) is 25.9. The summed E-state index contributed by atoms with van der Waals surface area (Å²) < 4.78 is 0. The van der Waals surface area contributed by atoms with Crippen LogP contribution in [-0.4, -0.2) is 29.7 Å². The lowest BCUT2D eigenvalue weighted by Gasteiger charge is -2.24. The van der Waals surface area contributed by atoms with Crippen LogP contribution in [0.25, 0.3) is 0 Å².